The molecule has 2 fully saturated rings. The quantitative estimate of drug-likeness (QED) is 0.0774. The molecule has 20 nitrogen and oxygen atoms in total. The predicted molar refractivity (Wildman–Crippen MR) is 143 cm³/mol. The Bertz CT molecular complexity index is 975. The molecule has 0 spiro atoms. The maximum absolute atomic E-state index is 11.8. The number of hydroxylamine groups is 4. The van der Waals surface area contributed by atoms with E-state index in [1.165, 1.54) is 14.2 Å². The van der Waals surface area contributed by atoms with Crippen molar-refractivity contribution in [3.05, 3.63) is 0 Å². The summed E-state index contributed by atoms with van der Waals surface area (Å²) in [6, 6.07) is 0. The summed E-state index contributed by atoms with van der Waals surface area (Å²) in [4.78, 5) is 100. The molecular formula is C26H38N2O18. The molecule has 2 rings (SSSR count). The number of amides is 4. The molecule has 2 aliphatic heterocycles. The van der Waals surface area contributed by atoms with Crippen LogP contribution < -0.4 is 0 Å². The van der Waals surface area contributed by atoms with Crippen LogP contribution in [0.2, 0.25) is 0 Å². The van der Waals surface area contributed by atoms with Gasteiger partial charge in [0.1, 0.15) is 25.4 Å². The Hall–Kier alpha value is -4.40. The van der Waals surface area contributed by atoms with Crippen molar-refractivity contribution in [1.29, 1.82) is 0 Å². The topological polar surface area (TPSA) is 257 Å². The number of carbonyl (C=O) groups is 8. The zero-order valence-corrected chi connectivity index (χ0v) is 25.4. The van der Waals surface area contributed by atoms with Gasteiger partial charge in [0.15, 0.2) is 0 Å². The van der Waals surface area contributed by atoms with E-state index in [9.17, 15) is 38.4 Å². The average Bonchev–Trinajstić information content (AvgIpc) is 3.54. The Balaban J connectivity index is 0.000000685. The number of esters is 2. The number of imide groups is 2. The van der Waals surface area contributed by atoms with E-state index in [4.69, 9.17) is 29.2 Å². The van der Waals surface area contributed by atoms with Crippen molar-refractivity contribution in [3.8, 4) is 0 Å². The zero-order chi connectivity index (χ0) is 34.5. The summed E-state index contributed by atoms with van der Waals surface area (Å²) >= 11 is 0. The molecule has 0 aromatic rings. The fourth-order valence-corrected chi connectivity index (χ4v) is 3.28. The van der Waals surface area contributed by atoms with Gasteiger partial charge in [0.25, 0.3) is 23.6 Å². The van der Waals surface area contributed by atoms with Gasteiger partial charge in [-0.05, 0) is 12.8 Å². The van der Waals surface area contributed by atoms with Crippen LogP contribution in [-0.4, -0.2) is 134 Å². The molecule has 0 bridgehead atoms. The summed E-state index contributed by atoms with van der Waals surface area (Å²) in [6.07, 6.45) is -3.70. The second-order valence-corrected chi connectivity index (χ2v) is 9.18. The first-order chi connectivity index (χ1) is 21.9. The van der Waals surface area contributed by atoms with E-state index in [-0.39, 0.29) is 74.4 Å². The number of carbonyl (C=O) groups excluding carboxylic acids is 8. The number of hydrogen-bond donors (Lipinski definition) is 2. The summed E-state index contributed by atoms with van der Waals surface area (Å²) in [5.74, 6) is -3.58. The van der Waals surface area contributed by atoms with Crippen molar-refractivity contribution in [3.63, 3.8) is 0 Å². The summed E-state index contributed by atoms with van der Waals surface area (Å²) in [5.41, 5.74) is 0. The van der Waals surface area contributed by atoms with E-state index in [0.717, 1.165) is 0 Å². The van der Waals surface area contributed by atoms with E-state index >= 15 is 0 Å². The predicted octanol–water partition coefficient (Wildman–Crippen LogP) is -0.931. The van der Waals surface area contributed by atoms with Crippen molar-refractivity contribution in [2.45, 2.75) is 63.6 Å². The molecule has 0 saturated carbocycles. The van der Waals surface area contributed by atoms with Gasteiger partial charge in [-0.3, -0.25) is 38.4 Å². The smallest absolute Gasteiger partial charge is 0.469 e. The third kappa shape index (κ3) is 15.5. The van der Waals surface area contributed by atoms with E-state index in [1.807, 2.05) is 0 Å². The van der Waals surface area contributed by atoms with Crippen LogP contribution >= 0.6 is 0 Å². The highest BCUT2D eigenvalue weighted by atomic mass is 16.8. The standard InChI is InChI=1S/C18H22N2O13.C8H16O5/c1-28-16(25)3-2-8-29-11(9-30-17(26)32-19-12(21)4-5-13(19)22)10-31-18(27)33-20-14(23)6-7-15(20)24;1-12-8(11)3-2-4-13-7(5-9)6-10/h11H,2-10H2,1H3;7,9-10H,2-6H2,1H3. The minimum absolute atomic E-state index is 0.0250. The molecule has 0 unspecified atom stereocenters. The first-order valence-corrected chi connectivity index (χ1v) is 13.9. The van der Waals surface area contributed by atoms with Crippen molar-refractivity contribution in [2.24, 2.45) is 0 Å². The molecule has 0 atom stereocenters. The molecule has 20 heteroatoms. The first-order valence-electron chi connectivity index (χ1n) is 13.9. The molecule has 2 heterocycles. The van der Waals surface area contributed by atoms with Crippen molar-refractivity contribution in [2.75, 3.05) is 53.9 Å². The molecule has 260 valence electrons. The van der Waals surface area contributed by atoms with Gasteiger partial charge in [0.05, 0.1) is 27.4 Å². The zero-order valence-electron chi connectivity index (χ0n) is 25.4. The van der Waals surface area contributed by atoms with E-state index in [2.05, 4.69) is 19.1 Å². The fraction of sp³-hybridized carbons (Fsp3) is 0.692. The van der Waals surface area contributed by atoms with Crippen molar-refractivity contribution < 1.29 is 86.7 Å². The highest BCUT2D eigenvalue weighted by Crippen LogP contribution is 2.14. The van der Waals surface area contributed by atoms with Gasteiger partial charge >= 0.3 is 24.2 Å². The van der Waals surface area contributed by atoms with Gasteiger partial charge in [-0.1, -0.05) is 10.1 Å². The van der Waals surface area contributed by atoms with E-state index in [1.54, 1.807) is 0 Å². The van der Waals surface area contributed by atoms with Crippen LogP contribution in [0.5, 0.6) is 0 Å². The average molecular weight is 667 g/mol. The molecule has 0 radical (unpaired) electrons. The van der Waals surface area contributed by atoms with E-state index in [0.29, 0.717) is 19.4 Å². The summed E-state index contributed by atoms with van der Waals surface area (Å²) < 4.78 is 28.9. The SMILES string of the molecule is COC(=O)CCCOC(CO)CO.COC(=O)CCCOC(COC(=O)ON1C(=O)CCC1=O)COC(=O)ON1C(=O)CCC1=O. The monoisotopic (exact) mass is 666 g/mol. The van der Waals surface area contributed by atoms with Gasteiger partial charge < -0.3 is 38.6 Å². The Kier molecular flexibility index (Phi) is 19.1. The van der Waals surface area contributed by atoms with Crippen LogP contribution in [-0.2, 0) is 66.9 Å². The Morgan fingerprint density at radius 3 is 1.30 bits per heavy atom. The molecule has 2 aliphatic rings. The highest BCUT2D eigenvalue weighted by molar-refractivity contribution is 6.02. The number of rotatable bonds is 18. The van der Waals surface area contributed by atoms with Crippen LogP contribution in [0.3, 0.4) is 0 Å². The number of ether oxygens (including phenoxy) is 6. The maximum Gasteiger partial charge on any atom is 0.534 e. The fourth-order valence-electron chi connectivity index (χ4n) is 3.28. The molecule has 2 N–H and O–H groups in total. The first kappa shape index (κ1) is 39.6. The second kappa shape index (κ2) is 22.2. The number of methoxy groups -OCH3 is 2. The molecule has 0 aromatic heterocycles. The lowest BCUT2D eigenvalue weighted by molar-refractivity contribution is -0.179. The van der Waals surface area contributed by atoms with Gasteiger partial charge in [0.2, 0.25) is 0 Å². The molecule has 0 aliphatic carbocycles. The normalized spacial score (nSPS) is 14.3. The summed E-state index contributed by atoms with van der Waals surface area (Å²) in [7, 11) is 2.55. The van der Waals surface area contributed by atoms with Crippen LogP contribution in [0.25, 0.3) is 0 Å². The molecule has 46 heavy (non-hydrogen) atoms. The van der Waals surface area contributed by atoms with E-state index < -0.39 is 67.3 Å². The van der Waals surface area contributed by atoms with Gasteiger partial charge in [-0.25, -0.2) is 9.59 Å². The number of aliphatic hydroxyl groups is 2. The summed E-state index contributed by atoms with van der Waals surface area (Å²) in [6.45, 7) is -1.20. The van der Waals surface area contributed by atoms with Gasteiger partial charge in [-0.15, -0.1) is 0 Å². The molecule has 4 amide bonds. The van der Waals surface area contributed by atoms with Crippen LogP contribution in [0.1, 0.15) is 51.4 Å². The third-order valence-electron chi connectivity index (χ3n) is 5.74. The van der Waals surface area contributed by atoms with Crippen LogP contribution in [0, 0.1) is 0 Å². The maximum atomic E-state index is 11.8. The van der Waals surface area contributed by atoms with Crippen LogP contribution in [0.4, 0.5) is 9.59 Å². The van der Waals surface area contributed by atoms with Gasteiger partial charge in [0, 0.05) is 51.7 Å². The van der Waals surface area contributed by atoms with Crippen molar-refractivity contribution in [1.82, 2.24) is 10.1 Å². The number of nitrogens with zero attached hydrogens (tertiary/aromatic N) is 2. The molecule has 0 aromatic carbocycles. The van der Waals surface area contributed by atoms with Crippen LogP contribution in [0.15, 0.2) is 0 Å². The second-order valence-electron chi connectivity index (χ2n) is 9.18. The highest BCUT2D eigenvalue weighted by Gasteiger charge is 2.35. The van der Waals surface area contributed by atoms with Crippen molar-refractivity contribution >= 4 is 47.9 Å². The number of aliphatic hydroxyl groups excluding tert-OH is 2. The molecular weight excluding hydrogens is 628 g/mol. The number of hydrogen-bond acceptors (Lipinski definition) is 18. The van der Waals surface area contributed by atoms with Gasteiger partial charge in [-0.2, -0.15) is 0 Å². The lowest BCUT2D eigenvalue weighted by Crippen LogP contribution is -2.36. The Morgan fingerprint density at radius 2 is 0.978 bits per heavy atom. The molecule has 2 saturated heterocycles. The Labute approximate surface area is 262 Å². The Morgan fingerprint density at radius 1 is 0.630 bits per heavy atom. The lowest BCUT2D eigenvalue weighted by Gasteiger charge is -2.19. The summed E-state index contributed by atoms with van der Waals surface area (Å²) in [5, 5.41) is 17.8. The largest absolute Gasteiger partial charge is 0.534 e. The minimum atomic E-state index is -1.38. The lowest BCUT2D eigenvalue weighted by atomic mass is 10.3. The minimum Gasteiger partial charge on any atom is -0.469 e. The third-order valence-corrected chi connectivity index (χ3v) is 5.74.